The predicted octanol–water partition coefficient (Wildman–Crippen LogP) is 2.24. The second kappa shape index (κ2) is 6.41. The van der Waals surface area contributed by atoms with Crippen molar-refractivity contribution in [3.8, 4) is 0 Å². The van der Waals surface area contributed by atoms with Gasteiger partial charge in [-0.2, -0.15) is 0 Å². The zero-order valence-corrected chi connectivity index (χ0v) is 9.84. The summed E-state index contributed by atoms with van der Waals surface area (Å²) in [5.74, 6) is 0.767. The van der Waals surface area contributed by atoms with Crippen molar-refractivity contribution in [3.05, 3.63) is 0 Å². The molecular formula is C12H26N2. The van der Waals surface area contributed by atoms with Gasteiger partial charge in [0.25, 0.3) is 0 Å². The van der Waals surface area contributed by atoms with Crippen LogP contribution >= 0.6 is 0 Å². The van der Waals surface area contributed by atoms with Gasteiger partial charge in [-0.25, -0.2) is 0 Å². The Hall–Kier alpha value is -0.0800. The maximum atomic E-state index is 5.69. The van der Waals surface area contributed by atoms with E-state index in [1.807, 2.05) is 0 Å². The second-order valence-corrected chi connectivity index (χ2v) is 4.73. The molecule has 84 valence electrons. The summed E-state index contributed by atoms with van der Waals surface area (Å²) in [5, 5.41) is 0. The van der Waals surface area contributed by atoms with Gasteiger partial charge < -0.3 is 10.6 Å². The van der Waals surface area contributed by atoms with Gasteiger partial charge in [0.2, 0.25) is 0 Å². The molecule has 14 heavy (non-hydrogen) atoms. The van der Waals surface area contributed by atoms with E-state index in [4.69, 9.17) is 5.73 Å². The van der Waals surface area contributed by atoms with E-state index < -0.39 is 0 Å². The third kappa shape index (κ3) is 3.58. The zero-order valence-electron chi connectivity index (χ0n) is 9.84. The molecule has 1 aliphatic rings. The average molecular weight is 198 g/mol. The third-order valence-electron chi connectivity index (χ3n) is 3.50. The van der Waals surface area contributed by atoms with Crippen LogP contribution in [0.25, 0.3) is 0 Å². The topological polar surface area (TPSA) is 29.3 Å². The van der Waals surface area contributed by atoms with E-state index in [1.54, 1.807) is 0 Å². The fraction of sp³-hybridized carbons (Fsp3) is 1.00. The molecule has 1 rings (SSSR count). The van der Waals surface area contributed by atoms with Crippen LogP contribution in [0.4, 0.5) is 0 Å². The van der Waals surface area contributed by atoms with Gasteiger partial charge in [0.1, 0.15) is 0 Å². The lowest BCUT2D eigenvalue weighted by Crippen LogP contribution is -2.31. The molecule has 2 heteroatoms. The summed E-state index contributed by atoms with van der Waals surface area (Å²) < 4.78 is 0. The van der Waals surface area contributed by atoms with Crippen LogP contribution in [-0.2, 0) is 0 Å². The van der Waals surface area contributed by atoms with E-state index in [2.05, 4.69) is 18.7 Å². The maximum Gasteiger partial charge on any atom is 0.00670 e. The van der Waals surface area contributed by atoms with Gasteiger partial charge in [-0.15, -0.1) is 0 Å². The summed E-state index contributed by atoms with van der Waals surface area (Å²) in [7, 11) is 0. The van der Waals surface area contributed by atoms with Gasteiger partial charge in [0.05, 0.1) is 0 Å². The highest BCUT2D eigenvalue weighted by atomic mass is 15.2. The molecule has 0 saturated carbocycles. The fourth-order valence-corrected chi connectivity index (χ4v) is 2.33. The number of hydrogen-bond donors (Lipinski definition) is 1. The number of rotatable bonds is 6. The van der Waals surface area contributed by atoms with Crippen molar-refractivity contribution >= 4 is 0 Å². The van der Waals surface area contributed by atoms with Crippen molar-refractivity contribution in [1.82, 2.24) is 4.90 Å². The van der Waals surface area contributed by atoms with E-state index in [0.29, 0.717) is 0 Å². The Labute approximate surface area is 88.8 Å². The maximum absolute atomic E-state index is 5.69. The molecular weight excluding hydrogens is 172 g/mol. The van der Waals surface area contributed by atoms with Crippen molar-refractivity contribution in [1.29, 1.82) is 0 Å². The fourth-order valence-electron chi connectivity index (χ4n) is 2.33. The number of likely N-dealkylation sites (tertiary alicyclic amines) is 1. The molecule has 1 heterocycles. The highest BCUT2D eigenvalue weighted by molar-refractivity contribution is 4.79. The summed E-state index contributed by atoms with van der Waals surface area (Å²) in [4.78, 5) is 2.62. The van der Waals surface area contributed by atoms with Crippen LogP contribution in [0.3, 0.4) is 0 Å². The van der Waals surface area contributed by atoms with Gasteiger partial charge in [0, 0.05) is 12.6 Å². The SMILES string of the molecule is CCCCCC(C)N1CCC(CN)C1. The lowest BCUT2D eigenvalue weighted by atomic mass is 10.1. The lowest BCUT2D eigenvalue weighted by molar-refractivity contribution is 0.234. The van der Waals surface area contributed by atoms with Gasteiger partial charge in [-0.1, -0.05) is 26.2 Å². The lowest BCUT2D eigenvalue weighted by Gasteiger charge is -2.24. The Morgan fingerprint density at radius 1 is 1.43 bits per heavy atom. The van der Waals surface area contributed by atoms with E-state index >= 15 is 0 Å². The minimum absolute atomic E-state index is 0.767. The van der Waals surface area contributed by atoms with Crippen LogP contribution in [0.15, 0.2) is 0 Å². The van der Waals surface area contributed by atoms with E-state index in [9.17, 15) is 0 Å². The number of nitrogens with two attached hydrogens (primary N) is 1. The van der Waals surface area contributed by atoms with Crippen LogP contribution in [0.2, 0.25) is 0 Å². The predicted molar refractivity (Wildman–Crippen MR) is 62.3 cm³/mol. The number of hydrogen-bond acceptors (Lipinski definition) is 2. The minimum Gasteiger partial charge on any atom is -0.330 e. The zero-order chi connectivity index (χ0) is 10.4. The first kappa shape index (κ1) is 12.0. The third-order valence-corrected chi connectivity index (χ3v) is 3.50. The minimum atomic E-state index is 0.767. The highest BCUT2D eigenvalue weighted by Crippen LogP contribution is 2.20. The first-order chi connectivity index (χ1) is 6.77. The molecule has 2 atom stereocenters. The quantitative estimate of drug-likeness (QED) is 0.663. The van der Waals surface area contributed by atoms with Crippen LogP contribution in [0.5, 0.6) is 0 Å². The molecule has 0 aromatic carbocycles. The molecule has 0 radical (unpaired) electrons. The average Bonchev–Trinajstić information content (AvgIpc) is 2.66. The van der Waals surface area contributed by atoms with E-state index in [0.717, 1.165) is 18.5 Å². The van der Waals surface area contributed by atoms with Crippen LogP contribution in [-0.4, -0.2) is 30.6 Å². The number of unbranched alkanes of at least 4 members (excludes halogenated alkanes) is 2. The van der Waals surface area contributed by atoms with Crippen LogP contribution in [0.1, 0.15) is 46.0 Å². The summed E-state index contributed by atoms with van der Waals surface area (Å²) in [6.45, 7) is 8.02. The summed E-state index contributed by atoms with van der Waals surface area (Å²) in [6.07, 6.45) is 6.79. The highest BCUT2D eigenvalue weighted by Gasteiger charge is 2.24. The van der Waals surface area contributed by atoms with Crippen molar-refractivity contribution in [2.75, 3.05) is 19.6 Å². The van der Waals surface area contributed by atoms with Crippen molar-refractivity contribution in [3.63, 3.8) is 0 Å². The van der Waals surface area contributed by atoms with Crippen molar-refractivity contribution < 1.29 is 0 Å². The van der Waals surface area contributed by atoms with Gasteiger partial charge in [-0.3, -0.25) is 0 Å². The van der Waals surface area contributed by atoms with Gasteiger partial charge >= 0.3 is 0 Å². The van der Waals surface area contributed by atoms with E-state index in [-0.39, 0.29) is 0 Å². The molecule has 0 aromatic rings. The molecule has 1 aliphatic heterocycles. The van der Waals surface area contributed by atoms with Crippen LogP contribution in [0, 0.1) is 5.92 Å². The molecule has 1 fully saturated rings. The number of nitrogens with zero attached hydrogens (tertiary/aromatic N) is 1. The van der Waals surface area contributed by atoms with E-state index in [1.165, 1.54) is 45.2 Å². The molecule has 0 bridgehead atoms. The summed E-state index contributed by atoms with van der Waals surface area (Å²) in [6, 6.07) is 0.776. The smallest absolute Gasteiger partial charge is 0.00670 e. The molecule has 1 saturated heterocycles. The Kier molecular flexibility index (Phi) is 5.49. The van der Waals surface area contributed by atoms with Gasteiger partial charge in [-0.05, 0) is 38.8 Å². The Morgan fingerprint density at radius 3 is 2.79 bits per heavy atom. The molecule has 0 aliphatic carbocycles. The molecule has 2 nitrogen and oxygen atoms in total. The Morgan fingerprint density at radius 2 is 2.21 bits per heavy atom. The summed E-state index contributed by atoms with van der Waals surface area (Å²) >= 11 is 0. The standard InChI is InChI=1S/C12H26N2/c1-3-4-5-6-11(2)14-8-7-12(9-13)10-14/h11-12H,3-10,13H2,1-2H3. The molecule has 2 unspecified atom stereocenters. The first-order valence-corrected chi connectivity index (χ1v) is 6.22. The summed E-state index contributed by atoms with van der Waals surface area (Å²) in [5.41, 5.74) is 5.69. The molecule has 0 amide bonds. The van der Waals surface area contributed by atoms with Crippen molar-refractivity contribution in [2.24, 2.45) is 11.7 Å². The van der Waals surface area contributed by atoms with Gasteiger partial charge in [0.15, 0.2) is 0 Å². The Balaban J connectivity index is 2.15. The largest absolute Gasteiger partial charge is 0.330 e. The second-order valence-electron chi connectivity index (χ2n) is 4.73. The normalized spacial score (nSPS) is 25.5. The molecule has 0 aromatic heterocycles. The molecule has 0 spiro atoms. The van der Waals surface area contributed by atoms with Crippen LogP contribution < -0.4 is 5.73 Å². The Bertz CT molecular complexity index is 147. The molecule has 2 N–H and O–H groups in total. The van der Waals surface area contributed by atoms with Crippen molar-refractivity contribution in [2.45, 2.75) is 52.0 Å². The monoisotopic (exact) mass is 198 g/mol. The first-order valence-electron chi connectivity index (χ1n) is 6.22.